The lowest BCUT2D eigenvalue weighted by molar-refractivity contribution is -0.139. The van der Waals surface area contributed by atoms with Crippen LogP contribution < -0.4 is 10.1 Å². The third kappa shape index (κ3) is 8.07. The van der Waals surface area contributed by atoms with Gasteiger partial charge in [-0.3, -0.25) is 9.59 Å². The Kier molecular flexibility index (Phi) is 10.1. The van der Waals surface area contributed by atoms with Crippen molar-refractivity contribution in [2.75, 3.05) is 12.9 Å². The molecule has 0 radical (unpaired) electrons. The van der Waals surface area contributed by atoms with Gasteiger partial charge >= 0.3 is 0 Å². The summed E-state index contributed by atoms with van der Waals surface area (Å²) in [6.45, 7) is 2.25. The predicted octanol–water partition coefficient (Wildman–Crippen LogP) is 5.56. The van der Waals surface area contributed by atoms with E-state index in [2.05, 4.69) is 21.2 Å². The van der Waals surface area contributed by atoms with Crippen molar-refractivity contribution >= 4 is 39.5 Å². The van der Waals surface area contributed by atoms with Gasteiger partial charge in [0.25, 0.3) is 0 Å². The zero-order valence-corrected chi connectivity index (χ0v) is 21.8. The molecule has 1 aliphatic rings. The van der Waals surface area contributed by atoms with Gasteiger partial charge in [-0.1, -0.05) is 59.5 Å². The SMILES string of the molecule is COc1ccc(CSCC(=O)N(Cc2ccc(Br)cc2)[C@@H](C)C(=O)NC2CCCCC2)cc1. The maximum absolute atomic E-state index is 13.2. The van der Waals surface area contributed by atoms with Crippen molar-refractivity contribution in [1.82, 2.24) is 10.2 Å². The Labute approximate surface area is 209 Å². The third-order valence-corrected chi connectivity index (χ3v) is 7.56. The summed E-state index contributed by atoms with van der Waals surface area (Å²) in [5.41, 5.74) is 2.14. The summed E-state index contributed by atoms with van der Waals surface area (Å²) < 4.78 is 6.19. The number of ether oxygens (including phenoxy) is 1. The van der Waals surface area contributed by atoms with E-state index >= 15 is 0 Å². The molecule has 2 aromatic carbocycles. The smallest absolute Gasteiger partial charge is 0.242 e. The first-order valence-electron chi connectivity index (χ1n) is 11.5. The Morgan fingerprint density at radius 1 is 1.06 bits per heavy atom. The molecular weight excluding hydrogens is 500 g/mol. The third-order valence-electron chi connectivity index (χ3n) is 6.04. The Morgan fingerprint density at radius 3 is 2.33 bits per heavy atom. The van der Waals surface area contributed by atoms with Crippen LogP contribution in [0, 0.1) is 0 Å². The Balaban J connectivity index is 1.63. The van der Waals surface area contributed by atoms with Crippen molar-refractivity contribution in [3.63, 3.8) is 0 Å². The normalized spacial score (nSPS) is 15.0. The molecule has 0 saturated heterocycles. The lowest BCUT2D eigenvalue weighted by Crippen LogP contribution is -2.50. The fourth-order valence-electron chi connectivity index (χ4n) is 4.00. The van der Waals surface area contributed by atoms with Crippen molar-refractivity contribution < 1.29 is 14.3 Å². The molecule has 1 fully saturated rings. The average molecular weight is 534 g/mol. The average Bonchev–Trinajstić information content (AvgIpc) is 2.84. The molecule has 0 aromatic heterocycles. The standard InChI is InChI=1S/C26H33BrN2O3S/c1-19(26(31)28-23-6-4-3-5-7-23)29(16-20-8-12-22(27)13-9-20)25(30)18-33-17-21-10-14-24(32-2)15-11-21/h8-15,19,23H,3-7,16-18H2,1-2H3,(H,28,31)/t19-/m0/s1. The highest BCUT2D eigenvalue weighted by molar-refractivity contribution is 9.10. The van der Waals surface area contributed by atoms with Crippen LogP contribution in [0.1, 0.15) is 50.2 Å². The number of nitrogens with zero attached hydrogens (tertiary/aromatic N) is 1. The molecule has 7 heteroatoms. The van der Waals surface area contributed by atoms with Crippen LogP contribution in [0.3, 0.4) is 0 Å². The molecule has 0 unspecified atom stereocenters. The Morgan fingerprint density at radius 2 is 1.70 bits per heavy atom. The largest absolute Gasteiger partial charge is 0.497 e. The number of amides is 2. The van der Waals surface area contributed by atoms with Gasteiger partial charge in [0.1, 0.15) is 11.8 Å². The molecule has 1 atom stereocenters. The number of carbonyl (C=O) groups is 2. The fourth-order valence-corrected chi connectivity index (χ4v) is 5.13. The number of benzene rings is 2. The van der Waals surface area contributed by atoms with Gasteiger partial charge in [0.05, 0.1) is 12.9 Å². The highest BCUT2D eigenvalue weighted by Gasteiger charge is 2.28. The molecule has 1 aliphatic carbocycles. The molecule has 178 valence electrons. The number of hydrogen-bond acceptors (Lipinski definition) is 4. The van der Waals surface area contributed by atoms with Gasteiger partial charge in [-0.15, -0.1) is 11.8 Å². The Hall–Kier alpha value is -1.99. The quantitative estimate of drug-likeness (QED) is 0.435. The molecule has 3 rings (SSSR count). The molecule has 2 aromatic rings. The van der Waals surface area contributed by atoms with Crippen molar-refractivity contribution in [3.8, 4) is 5.75 Å². The highest BCUT2D eigenvalue weighted by atomic mass is 79.9. The first kappa shape index (κ1) is 25.6. The van der Waals surface area contributed by atoms with E-state index in [1.54, 1.807) is 23.8 Å². The number of rotatable bonds is 10. The van der Waals surface area contributed by atoms with Gasteiger partial charge in [0.15, 0.2) is 0 Å². The van der Waals surface area contributed by atoms with Crippen LogP contribution in [0.5, 0.6) is 5.75 Å². The molecule has 1 N–H and O–H groups in total. The Bertz CT molecular complexity index is 899. The van der Waals surface area contributed by atoms with E-state index in [4.69, 9.17) is 4.74 Å². The van der Waals surface area contributed by atoms with E-state index in [9.17, 15) is 9.59 Å². The second-order valence-electron chi connectivity index (χ2n) is 8.51. The van der Waals surface area contributed by atoms with E-state index in [1.165, 1.54) is 6.42 Å². The van der Waals surface area contributed by atoms with E-state index < -0.39 is 6.04 Å². The summed E-state index contributed by atoms with van der Waals surface area (Å²) in [6, 6.07) is 15.5. The lowest BCUT2D eigenvalue weighted by Gasteiger charge is -2.31. The van der Waals surface area contributed by atoms with E-state index in [1.807, 2.05) is 55.5 Å². The molecule has 0 heterocycles. The number of thioether (sulfide) groups is 1. The molecule has 0 bridgehead atoms. The van der Waals surface area contributed by atoms with Gasteiger partial charge < -0.3 is 15.0 Å². The summed E-state index contributed by atoms with van der Waals surface area (Å²) in [5.74, 6) is 1.78. The molecular formula is C26H33BrN2O3S. The van der Waals surface area contributed by atoms with Gasteiger partial charge in [-0.2, -0.15) is 0 Å². The summed E-state index contributed by atoms with van der Waals surface area (Å²) >= 11 is 5.02. The monoisotopic (exact) mass is 532 g/mol. The summed E-state index contributed by atoms with van der Waals surface area (Å²) in [4.78, 5) is 28.0. The van der Waals surface area contributed by atoms with Crippen LogP contribution in [0.2, 0.25) is 0 Å². The summed E-state index contributed by atoms with van der Waals surface area (Å²) in [6.07, 6.45) is 5.60. The van der Waals surface area contributed by atoms with Gasteiger partial charge in [0, 0.05) is 22.8 Å². The first-order chi connectivity index (χ1) is 16.0. The van der Waals surface area contributed by atoms with E-state index in [0.29, 0.717) is 12.3 Å². The molecule has 1 saturated carbocycles. The lowest BCUT2D eigenvalue weighted by atomic mass is 9.95. The minimum Gasteiger partial charge on any atom is -0.497 e. The van der Waals surface area contributed by atoms with Crippen molar-refractivity contribution in [2.24, 2.45) is 0 Å². The fraction of sp³-hybridized carbons (Fsp3) is 0.462. The van der Waals surface area contributed by atoms with Crippen LogP contribution >= 0.6 is 27.7 Å². The van der Waals surface area contributed by atoms with Crippen LogP contribution in [0.25, 0.3) is 0 Å². The van der Waals surface area contributed by atoms with Crippen molar-refractivity contribution in [2.45, 2.75) is 63.4 Å². The second-order valence-corrected chi connectivity index (χ2v) is 10.4. The number of methoxy groups -OCH3 is 1. The van der Waals surface area contributed by atoms with Crippen LogP contribution in [-0.4, -0.2) is 41.7 Å². The maximum Gasteiger partial charge on any atom is 0.242 e. The highest BCUT2D eigenvalue weighted by Crippen LogP contribution is 2.21. The van der Waals surface area contributed by atoms with Crippen LogP contribution in [0.4, 0.5) is 0 Å². The number of hydrogen-bond donors (Lipinski definition) is 1. The summed E-state index contributed by atoms with van der Waals surface area (Å²) in [5, 5.41) is 3.18. The first-order valence-corrected chi connectivity index (χ1v) is 13.5. The minimum absolute atomic E-state index is 0.0253. The second kappa shape index (κ2) is 13.0. The summed E-state index contributed by atoms with van der Waals surface area (Å²) in [7, 11) is 1.65. The topological polar surface area (TPSA) is 58.6 Å². The zero-order chi connectivity index (χ0) is 23.6. The van der Waals surface area contributed by atoms with Crippen molar-refractivity contribution in [3.05, 3.63) is 64.1 Å². The van der Waals surface area contributed by atoms with Crippen LogP contribution in [-0.2, 0) is 21.9 Å². The van der Waals surface area contributed by atoms with Crippen molar-refractivity contribution in [1.29, 1.82) is 0 Å². The van der Waals surface area contributed by atoms with Gasteiger partial charge in [0.2, 0.25) is 11.8 Å². The zero-order valence-electron chi connectivity index (χ0n) is 19.4. The van der Waals surface area contributed by atoms with E-state index in [-0.39, 0.29) is 17.9 Å². The van der Waals surface area contributed by atoms with E-state index in [0.717, 1.165) is 52.8 Å². The molecule has 5 nitrogen and oxygen atoms in total. The number of carbonyl (C=O) groups excluding carboxylic acids is 2. The van der Waals surface area contributed by atoms with Crippen LogP contribution in [0.15, 0.2) is 53.0 Å². The predicted molar refractivity (Wildman–Crippen MR) is 138 cm³/mol. The molecule has 2 amide bonds. The minimum atomic E-state index is -0.523. The molecule has 0 aliphatic heterocycles. The molecule has 33 heavy (non-hydrogen) atoms. The number of halogens is 1. The van der Waals surface area contributed by atoms with Gasteiger partial charge in [-0.05, 0) is 55.2 Å². The number of nitrogens with one attached hydrogen (secondary N) is 1. The van der Waals surface area contributed by atoms with Gasteiger partial charge in [-0.25, -0.2) is 0 Å². The maximum atomic E-state index is 13.2. The molecule has 0 spiro atoms.